The van der Waals surface area contributed by atoms with Crippen molar-refractivity contribution in [2.24, 2.45) is 0 Å². The van der Waals surface area contributed by atoms with Crippen molar-refractivity contribution < 1.29 is 27.1 Å². The smallest absolute Gasteiger partial charge is 0.417 e. The van der Waals surface area contributed by atoms with Crippen molar-refractivity contribution in [1.82, 2.24) is 15.0 Å². The van der Waals surface area contributed by atoms with E-state index in [2.05, 4.69) is 25.6 Å². The minimum absolute atomic E-state index is 0.0396. The number of imidazole rings is 1. The van der Waals surface area contributed by atoms with Crippen LogP contribution in [0.2, 0.25) is 5.02 Å². The predicted molar refractivity (Wildman–Crippen MR) is 126 cm³/mol. The minimum atomic E-state index is -4.54. The predicted octanol–water partition coefficient (Wildman–Crippen LogP) is 6.48. The Balaban J connectivity index is 1.51. The Morgan fingerprint density at radius 2 is 2.00 bits per heavy atom. The number of alkyl halides is 3. The van der Waals surface area contributed by atoms with Crippen molar-refractivity contribution in [1.29, 1.82) is 0 Å². The zero-order chi connectivity index (χ0) is 25.8. The fourth-order valence-electron chi connectivity index (χ4n) is 4.01. The van der Waals surface area contributed by atoms with E-state index in [4.69, 9.17) is 16.3 Å². The standard InChI is InChI=1S/C24H18ClF4N5O2/c1-23(2)9-13-18-16(31-22(33-18)34-19-14(25)4-3-5-15(19)26)8-12(20(13)36-23)21(35)32-17-7-6-11(10-30-17)24(27,28)29/h3-8,10H,9H2,1-2H3,(H,30,32,35)(H2,31,33,34). The van der Waals surface area contributed by atoms with E-state index in [9.17, 15) is 22.4 Å². The number of hydrogen-bond donors (Lipinski definition) is 3. The lowest BCUT2D eigenvalue weighted by Crippen LogP contribution is -2.25. The average Bonchev–Trinajstić information content (AvgIpc) is 3.34. The van der Waals surface area contributed by atoms with Gasteiger partial charge >= 0.3 is 6.18 Å². The molecular formula is C24H18ClF4N5O2. The third-order valence-corrected chi connectivity index (χ3v) is 5.91. The molecule has 0 spiro atoms. The molecule has 4 aromatic rings. The number of carbonyl (C=O) groups is 1. The average molecular weight is 520 g/mol. The van der Waals surface area contributed by atoms with Gasteiger partial charge in [-0.25, -0.2) is 14.4 Å². The number of aromatic amines is 1. The van der Waals surface area contributed by atoms with Gasteiger partial charge in [-0.3, -0.25) is 4.79 Å². The number of anilines is 3. The SMILES string of the molecule is CC1(C)Cc2c(c(C(=O)Nc3ccc(C(F)(F)F)cn3)cc3nc(Nc4c(F)cccc4Cl)[nH]c23)O1. The lowest BCUT2D eigenvalue weighted by molar-refractivity contribution is -0.137. The first-order valence-corrected chi connectivity index (χ1v) is 11.1. The Morgan fingerprint density at radius 3 is 2.67 bits per heavy atom. The molecular weight excluding hydrogens is 502 g/mol. The second-order valence-corrected chi connectivity index (χ2v) is 9.26. The summed E-state index contributed by atoms with van der Waals surface area (Å²) in [6, 6.07) is 7.64. The maximum atomic E-state index is 14.3. The van der Waals surface area contributed by atoms with E-state index in [-0.39, 0.29) is 28.0 Å². The van der Waals surface area contributed by atoms with E-state index < -0.39 is 29.1 Å². The maximum absolute atomic E-state index is 14.3. The van der Waals surface area contributed by atoms with Crippen molar-refractivity contribution in [2.75, 3.05) is 10.6 Å². The first-order valence-electron chi connectivity index (χ1n) is 10.7. The fourth-order valence-corrected chi connectivity index (χ4v) is 4.22. The van der Waals surface area contributed by atoms with Gasteiger partial charge in [-0.2, -0.15) is 13.2 Å². The van der Waals surface area contributed by atoms with Gasteiger partial charge in [0.25, 0.3) is 5.91 Å². The highest BCUT2D eigenvalue weighted by Crippen LogP contribution is 2.42. The third-order valence-electron chi connectivity index (χ3n) is 5.60. The van der Waals surface area contributed by atoms with Crippen LogP contribution in [0.25, 0.3) is 11.0 Å². The van der Waals surface area contributed by atoms with Crippen LogP contribution in [-0.4, -0.2) is 26.5 Å². The van der Waals surface area contributed by atoms with Gasteiger partial charge < -0.3 is 20.4 Å². The van der Waals surface area contributed by atoms with Crippen LogP contribution in [0.3, 0.4) is 0 Å². The zero-order valence-electron chi connectivity index (χ0n) is 18.8. The van der Waals surface area contributed by atoms with E-state index in [1.807, 2.05) is 13.8 Å². The number of benzene rings is 2. The molecule has 186 valence electrons. The minimum Gasteiger partial charge on any atom is -0.486 e. The summed E-state index contributed by atoms with van der Waals surface area (Å²) < 4.78 is 58.7. The fraction of sp³-hybridized carbons (Fsp3) is 0.208. The Hall–Kier alpha value is -3.86. The first-order chi connectivity index (χ1) is 16.9. The van der Waals surface area contributed by atoms with Gasteiger partial charge in [0.2, 0.25) is 5.95 Å². The van der Waals surface area contributed by atoms with Crippen molar-refractivity contribution >= 4 is 46.0 Å². The van der Waals surface area contributed by atoms with Gasteiger partial charge in [-0.05, 0) is 44.2 Å². The van der Waals surface area contributed by atoms with Crippen LogP contribution in [0, 0.1) is 5.82 Å². The second kappa shape index (κ2) is 8.37. The topological polar surface area (TPSA) is 91.9 Å². The van der Waals surface area contributed by atoms with Crippen molar-refractivity contribution in [2.45, 2.75) is 32.0 Å². The number of H-pyrrole nitrogens is 1. The molecule has 36 heavy (non-hydrogen) atoms. The summed E-state index contributed by atoms with van der Waals surface area (Å²) in [7, 11) is 0. The summed E-state index contributed by atoms with van der Waals surface area (Å²) in [5.74, 6) is -0.742. The number of amides is 1. The van der Waals surface area contributed by atoms with Crippen LogP contribution in [0.4, 0.5) is 35.0 Å². The third kappa shape index (κ3) is 4.41. The van der Waals surface area contributed by atoms with Gasteiger partial charge in [0.15, 0.2) is 0 Å². The summed E-state index contributed by atoms with van der Waals surface area (Å²) >= 11 is 6.10. The number of nitrogens with one attached hydrogen (secondary N) is 3. The first kappa shape index (κ1) is 23.9. The van der Waals surface area contributed by atoms with Gasteiger partial charge in [-0.15, -0.1) is 0 Å². The Morgan fingerprint density at radius 1 is 1.22 bits per heavy atom. The summed E-state index contributed by atoms with van der Waals surface area (Å²) in [5, 5.41) is 5.49. The molecule has 0 saturated carbocycles. The van der Waals surface area contributed by atoms with Crippen LogP contribution in [0.1, 0.15) is 35.3 Å². The molecule has 0 aliphatic carbocycles. The molecule has 0 unspecified atom stereocenters. The van der Waals surface area contributed by atoms with Gasteiger partial charge in [0.05, 0.1) is 32.9 Å². The molecule has 1 amide bonds. The molecule has 1 aliphatic rings. The molecule has 3 heterocycles. The molecule has 1 aliphatic heterocycles. The van der Waals surface area contributed by atoms with E-state index in [0.29, 0.717) is 35.0 Å². The van der Waals surface area contributed by atoms with Crippen LogP contribution < -0.4 is 15.4 Å². The largest absolute Gasteiger partial charge is 0.486 e. The van der Waals surface area contributed by atoms with Crippen molar-refractivity contribution in [3.8, 4) is 5.75 Å². The lowest BCUT2D eigenvalue weighted by Gasteiger charge is -2.18. The number of aromatic nitrogens is 3. The summed E-state index contributed by atoms with van der Waals surface area (Å²) in [5.41, 5.74) is 0.281. The molecule has 7 nitrogen and oxygen atoms in total. The van der Waals surface area contributed by atoms with E-state index >= 15 is 0 Å². The summed E-state index contributed by atoms with van der Waals surface area (Å²) in [4.78, 5) is 24.3. The maximum Gasteiger partial charge on any atom is 0.417 e. The molecule has 5 rings (SSSR count). The van der Waals surface area contributed by atoms with E-state index in [1.54, 1.807) is 0 Å². The Labute approximate surface area is 206 Å². The van der Waals surface area contributed by atoms with Crippen molar-refractivity contribution in [3.05, 3.63) is 70.1 Å². The zero-order valence-corrected chi connectivity index (χ0v) is 19.6. The number of rotatable bonds is 4. The van der Waals surface area contributed by atoms with Gasteiger partial charge in [0.1, 0.15) is 23.0 Å². The number of para-hydroxylation sites is 1. The molecule has 0 saturated heterocycles. The summed E-state index contributed by atoms with van der Waals surface area (Å²) in [6.07, 6.45) is -3.46. The molecule has 0 atom stereocenters. The highest BCUT2D eigenvalue weighted by molar-refractivity contribution is 6.33. The Bertz CT molecular complexity index is 1480. The number of hydrogen-bond acceptors (Lipinski definition) is 5. The Kier molecular flexibility index (Phi) is 5.55. The van der Waals surface area contributed by atoms with E-state index in [1.165, 1.54) is 24.3 Å². The van der Waals surface area contributed by atoms with Crippen LogP contribution in [0.15, 0.2) is 42.6 Å². The molecule has 3 N–H and O–H groups in total. The quantitative estimate of drug-likeness (QED) is 0.268. The number of fused-ring (bicyclic) bond motifs is 3. The van der Waals surface area contributed by atoms with Crippen LogP contribution in [0.5, 0.6) is 5.75 Å². The number of pyridine rings is 1. The number of carbonyl (C=O) groups excluding carboxylic acids is 1. The second-order valence-electron chi connectivity index (χ2n) is 8.86. The van der Waals surface area contributed by atoms with Crippen LogP contribution in [-0.2, 0) is 12.6 Å². The highest BCUT2D eigenvalue weighted by atomic mass is 35.5. The molecule has 12 heteroatoms. The molecule has 0 fully saturated rings. The molecule has 2 aromatic carbocycles. The summed E-state index contributed by atoms with van der Waals surface area (Å²) in [6.45, 7) is 3.71. The van der Waals surface area contributed by atoms with Gasteiger partial charge in [0, 0.05) is 18.2 Å². The monoisotopic (exact) mass is 519 g/mol. The van der Waals surface area contributed by atoms with Crippen molar-refractivity contribution in [3.63, 3.8) is 0 Å². The number of nitrogens with zero attached hydrogens (tertiary/aromatic N) is 2. The van der Waals surface area contributed by atoms with E-state index in [0.717, 1.165) is 12.1 Å². The molecule has 0 radical (unpaired) electrons. The molecule has 2 aromatic heterocycles. The number of halogens is 5. The number of ether oxygens (including phenoxy) is 1. The molecule has 0 bridgehead atoms. The lowest BCUT2D eigenvalue weighted by atomic mass is 9.99. The van der Waals surface area contributed by atoms with Gasteiger partial charge in [-0.1, -0.05) is 17.7 Å². The highest BCUT2D eigenvalue weighted by Gasteiger charge is 2.36. The normalized spacial score (nSPS) is 14.4. The van der Waals surface area contributed by atoms with Crippen LogP contribution >= 0.6 is 11.6 Å².